The molecule has 2 aromatic rings. The third-order valence-electron chi connectivity index (χ3n) is 3.67. The molecule has 1 atom stereocenters. The quantitative estimate of drug-likeness (QED) is 0.928. The summed E-state index contributed by atoms with van der Waals surface area (Å²) in [6.45, 7) is 1.89. The third-order valence-corrected chi connectivity index (χ3v) is 3.67. The molecule has 114 valence electrons. The normalized spacial score (nSPS) is 16.8. The largest absolute Gasteiger partial charge is 0.474 e. The Bertz CT molecular complexity index is 762. The lowest BCUT2D eigenvalue weighted by Gasteiger charge is -2.25. The molecule has 1 aliphatic rings. The Hall–Kier alpha value is -2.50. The van der Waals surface area contributed by atoms with Crippen LogP contribution in [0.5, 0.6) is 5.88 Å². The van der Waals surface area contributed by atoms with Gasteiger partial charge in [0.1, 0.15) is 17.3 Å². The van der Waals surface area contributed by atoms with Crippen LogP contribution in [0.15, 0.2) is 24.3 Å². The van der Waals surface area contributed by atoms with E-state index in [0.717, 1.165) is 12.5 Å². The van der Waals surface area contributed by atoms with Gasteiger partial charge in [-0.3, -0.25) is 4.79 Å². The van der Waals surface area contributed by atoms with Crippen LogP contribution in [0.25, 0.3) is 11.1 Å². The average molecular weight is 304 g/mol. The summed E-state index contributed by atoms with van der Waals surface area (Å²) < 4.78 is 32.8. The van der Waals surface area contributed by atoms with Crippen LogP contribution in [-0.2, 0) is 6.42 Å². The Kier molecular flexibility index (Phi) is 3.52. The van der Waals surface area contributed by atoms with Crippen LogP contribution in [0, 0.1) is 11.6 Å². The van der Waals surface area contributed by atoms with Gasteiger partial charge < -0.3 is 10.5 Å². The number of halogens is 2. The molecule has 3 rings (SSSR count). The second kappa shape index (κ2) is 5.36. The highest BCUT2D eigenvalue weighted by atomic mass is 19.1. The van der Waals surface area contributed by atoms with E-state index in [1.807, 2.05) is 6.92 Å². The van der Waals surface area contributed by atoms with Crippen LogP contribution in [-0.4, -0.2) is 17.0 Å². The summed E-state index contributed by atoms with van der Waals surface area (Å²) in [4.78, 5) is 15.5. The molecule has 0 bridgehead atoms. The molecule has 1 unspecified atom stereocenters. The standard InChI is InChI=1S/C16H14F2N2O2/c1-8-2-4-11-12(10-5-3-9(17)6-13(10)18)7-14(15(19)21)20-16(11)22-8/h3,5-8H,2,4H2,1H3,(H2,19,21). The second-order valence-corrected chi connectivity index (χ2v) is 5.29. The van der Waals surface area contributed by atoms with Crippen molar-refractivity contribution in [1.29, 1.82) is 0 Å². The monoisotopic (exact) mass is 304 g/mol. The molecule has 4 nitrogen and oxygen atoms in total. The molecule has 1 aromatic heterocycles. The van der Waals surface area contributed by atoms with Crippen molar-refractivity contribution in [3.05, 3.63) is 47.2 Å². The maximum atomic E-state index is 14.1. The molecule has 0 saturated heterocycles. The highest BCUT2D eigenvalue weighted by Crippen LogP contribution is 2.36. The van der Waals surface area contributed by atoms with Gasteiger partial charge in [-0.25, -0.2) is 13.8 Å². The molecule has 1 amide bonds. The van der Waals surface area contributed by atoms with E-state index < -0.39 is 17.5 Å². The maximum absolute atomic E-state index is 14.1. The Morgan fingerprint density at radius 3 is 2.77 bits per heavy atom. The van der Waals surface area contributed by atoms with Gasteiger partial charge in [0.25, 0.3) is 5.91 Å². The van der Waals surface area contributed by atoms with Gasteiger partial charge >= 0.3 is 0 Å². The highest BCUT2D eigenvalue weighted by molar-refractivity contribution is 5.93. The molecule has 1 aliphatic heterocycles. The van der Waals surface area contributed by atoms with Gasteiger partial charge in [0.15, 0.2) is 0 Å². The first-order valence-corrected chi connectivity index (χ1v) is 6.91. The number of pyridine rings is 1. The number of ether oxygens (including phenoxy) is 1. The van der Waals surface area contributed by atoms with Crippen molar-refractivity contribution in [3.8, 4) is 17.0 Å². The first-order valence-electron chi connectivity index (χ1n) is 6.91. The first-order chi connectivity index (χ1) is 10.5. The maximum Gasteiger partial charge on any atom is 0.267 e. The molecule has 0 fully saturated rings. The first kappa shape index (κ1) is 14.4. The van der Waals surface area contributed by atoms with Crippen molar-refractivity contribution in [2.24, 2.45) is 5.73 Å². The minimum absolute atomic E-state index is 0.00780. The van der Waals surface area contributed by atoms with E-state index in [1.54, 1.807) is 0 Å². The van der Waals surface area contributed by atoms with E-state index in [9.17, 15) is 13.6 Å². The van der Waals surface area contributed by atoms with E-state index in [2.05, 4.69) is 4.98 Å². The van der Waals surface area contributed by atoms with Crippen molar-refractivity contribution >= 4 is 5.91 Å². The molecule has 0 saturated carbocycles. The third kappa shape index (κ3) is 2.52. The fourth-order valence-electron chi connectivity index (χ4n) is 2.56. The number of carbonyl (C=O) groups excluding carboxylic acids is 1. The number of amides is 1. The molecule has 0 spiro atoms. The second-order valence-electron chi connectivity index (χ2n) is 5.29. The predicted molar refractivity (Wildman–Crippen MR) is 76.5 cm³/mol. The molecule has 0 radical (unpaired) electrons. The van der Waals surface area contributed by atoms with Gasteiger partial charge in [0.05, 0.1) is 6.10 Å². The Morgan fingerprint density at radius 2 is 2.09 bits per heavy atom. The van der Waals surface area contributed by atoms with Gasteiger partial charge in [0, 0.05) is 17.2 Å². The van der Waals surface area contributed by atoms with Crippen molar-refractivity contribution in [2.45, 2.75) is 25.9 Å². The number of rotatable bonds is 2. The van der Waals surface area contributed by atoms with Crippen molar-refractivity contribution < 1.29 is 18.3 Å². The number of primary amides is 1. The van der Waals surface area contributed by atoms with Crippen LogP contribution in [0.3, 0.4) is 0 Å². The van der Waals surface area contributed by atoms with Crippen molar-refractivity contribution in [1.82, 2.24) is 4.98 Å². The summed E-state index contributed by atoms with van der Waals surface area (Å²) in [5.41, 5.74) is 6.63. The fraction of sp³-hybridized carbons (Fsp3) is 0.250. The molecular formula is C16H14F2N2O2. The average Bonchev–Trinajstić information content (AvgIpc) is 2.45. The number of hydrogen-bond donors (Lipinski definition) is 1. The molecule has 0 aliphatic carbocycles. The number of nitrogens with two attached hydrogens (primary N) is 1. The van der Waals surface area contributed by atoms with Gasteiger partial charge in [-0.05, 0) is 43.5 Å². The van der Waals surface area contributed by atoms with Crippen LogP contribution < -0.4 is 10.5 Å². The zero-order chi connectivity index (χ0) is 15.9. The minimum Gasteiger partial charge on any atom is -0.474 e. The molecule has 2 heterocycles. The van der Waals surface area contributed by atoms with Gasteiger partial charge in [-0.15, -0.1) is 0 Å². The summed E-state index contributed by atoms with van der Waals surface area (Å²) >= 11 is 0. The van der Waals surface area contributed by atoms with Gasteiger partial charge in [-0.1, -0.05) is 0 Å². The van der Waals surface area contributed by atoms with Crippen molar-refractivity contribution in [3.63, 3.8) is 0 Å². The molecular weight excluding hydrogens is 290 g/mol. The van der Waals surface area contributed by atoms with Crippen LogP contribution >= 0.6 is 0 Å². The number of aromatic nitrogens is 1. The van der Waals surface area contributed by atoms with Crippen LogP contribution in [0.2, 0.25) is 0 Å². The van der Waals surface area contributed by atoms with Crippen LogP contribution in [0.1, 0.15) is 29.4 Å². The number of carbonyl (C=O) groups is 1. The summed E-state index contributed by atoms with van der Waals surface area (Å²) in [6, 6.07) is 4.74. The van der Waals surface area contributed by atoms with E-state index in [1.165, 1.54) is 18.2 Å². The Balaban J connectivity index is 2.23. The zero-order valence-corrected chi connectivity index (χ0v) is 11.9. The zero-order valence-electron chi connectivity index (χ0n) is 11.9. The molecule has 22 heavy (non-hydrogen) atoms. The fourth-order valence-corrected chi connectivity index (χ4v) is 2.56. The van der Waals surface area contributed by atoms with E-state index >= 15 is 0 Å². The smallest absolute Gasteiger partial charge is 0.267 e. The molecule has 1 aromatic carbocycles. The lowest BCUT2D eigenvalue weighted by Crippen LogP contribution is -2.23. The minimum atomic E-state index is -0.728. The topological polar surface area (TPSA) is 65.2 Å². The predicted octanol–water partition coefficient (Wildman–Crippen LogP) is 2.84. The summed E-state index contributed by atoms with van der Waals surface area (Å²) in [6.07, 6.45) is 1.34. The Morgan fingerprint density at radius 1 is 1.32 bits per heavy atom. The van der Waals surface area contributed by atoms with E-state index in [0.29, 0.717) is 17.5 Å². The summed E-state index contributed by atoms with van der Waals surface area (Å²) in [5, 5.41) is 0. The molecule has 6 heteroatoms. The van der Waals surface area contributed by atoms with Crippen LogP contribution in [0.4, 0.5) is 8.78 Å². The number of fused-ring (bicyclic) bond motifs is 1. The lowest BCUT2D eigenvalue weighted by atomic mass is 9.94. The van der Waals surface area contributed by atoms with E-state index in [-0.39, 0.29) is 23.2 Å². The number of nitrogens with zero attached hydrogens (tertiary/aromatic N) is 1. The van der Waals surface area contributed by atoms with Gasteiger partial charge in [0.2, 0.25) is 5.88 Å². The molecule has 2 N–H and O–H groups in total. The summed E-state index contributed by atoms with van der Waals surface area (Å²) in [5.74, 6) is -1.81. The van der Waals surface area contributed by atoms with Gasteiger partial charge in [-0.2, -0.15) is 0 Å². The number of benzene rings is 1. The SMILES string of the molecule is CC1CCc2c(-c3ccc(F)cc3F)cc(C(N)=O)nc2O1. The Labute approximate surface area is 125 Å². The summed E-state index contributed by atoms with van der Waals surface area (Å²) in [7, 11) is 0. The van der Waals surface area contributed by atoms with E-state index in [4.69, 9.17) is 10.5 Å². The number of hydrogen-bond acceptors (Lipinski definition) is 3. The van der Waals surface area contributed by atoms with Crippen molar-refractivity contribution in [2.75, 3.05) is 0 Å². The lowest BCUT2D eigenvalue weighted by molar-refractivity contribution is 0.0992. The highest BCUT2D eigenvalue weighted by Gasteiger charge is 2.24.